The van der Waals surface area contributed by atoms with E-state index in [4.69, 9.17) is 9.47 Å². The van der Waals surface area contributed by atoms with Crippen LogP contribution in [0.5, 0.6) is 5.75 Å². The normalized spacial score (nSPS) is 25.4. The monoisotopic (exact) mass is 339 g/mol. The molecule has 1 aromatic rings. The topological polar surface area (TPSA) is 55.8 Å². The second-order valence-corrected chi connectivity index (χ2v) is 8.97. The van der Waals surface area contributed by atoms with Crippen molar-refractivity contribution in [3.63, 3.8) is 0 Å². The van der Waals surface area contributed by atoms with E-state index in [1.54, 1.807) is 7.11 Å². The Morgan fingerprint density at radius 1 is 1.26 bits per heavy atom. The molecule has 0 N–H and O–H groups in total. The number of rotatable bonds is 6. The molecule has 5 nitrogen and oxygen atoms in total. The molecule has 2 aliphatic heterocycles. The van der Waals surface area contributed by atoms with Crippen LogP contribution in [-0.2, 0) is 21.1 Å². The zero-order valence-corrected chi connectivity index (χ0v) is 14.6. The Balaban J connectivity index is 1.64. The van der Waals surface area contributed by atoms with Gasteiger partial charge < -0.3 is 9.47 Å². The lowest BCUT2D eigenvalue weighted by Gasteiger charge is -2.50. The Kier molecular flexibility index (Phi) is 4.67. The van der Waals surface area contributed by atoms with Crippen LogP contribution in [0.1, 0.15) is 18.9 Å². The molecule has 0 saturated carbocycles. The molecule has 0 aliphatic carbocycles. The fourth-order valence-electron chi connectivity index (χ4n) is 3.78. The first-order valence-electron chi connectivity index (χ1n) is 8.16. The zero-order valence-electron chi connectivity index (χ0n) is 13.8. The van der Waals surface area contributed by atoms with Crippen molar-refractivity contribution in [3.8, 4) is 5.75 Å². The lowest BCUT2D eigenvalue weighted by atomic mass is 9.83. The largest absolute Gasteiger partial charge is 0.497 e. The number of likely N-dealkylation sites (tertiary alicyclic amines) is 1. The van der Waals surface area contributed by atoms with Gasteiger partial charge in [-0.3, -0.25) is 4.90 Å². The molecular formula is C17H25NO4S. The Morgan fingerprint density at radius 3 is 2.57 bits per heavy atom. The second kappa shape index (κ2) is 6.42. The molecule has 0 bridgehead atoms. The van der Waals surface area contributed by atoms with Crippen molar-refractivity contribution >= 4 is 9.84 Å². The van der Waals surface area contributed by atoms with Crippen molar-refractivity contribution in [1.29, 1.82) is 0 Å². The summed E-state index contributed by atoms with van der Waals surface area (Å²) in [6.07, 6.45) is 0.735. The maximum absolute atomic E-state index is 12.5. The van der Waals surface area contributed by atoms with E-state index in [-0.39, 0.29) is 5.92 Å². The summed E-state index contributed by atoms with van der Waals surface area (Å²) in [6.45, 7) is 5.18. The summed E-state index contributed by atoms with van der Waals surface area (Å²) >= 11 is 0. The quantitative estimate of drug-likeness (QED) is 0.790. The van der Waals surface area contributed by atoms with Crippen LogP contribution in [0.4, 0.5) is 0 Å². The number of methoxy groups -OCH3 is 1. The van der Waals surface area contributed by atoms with Gasteiger partial charge in [-0.1, -0.05) is 12.1 Å². The predicted molar refractivity (Wildman–Crippen MR) is 89.4 cm³/mol. The predicted octanol–water partition coefficient (Wildman–Crippen LogP) is 1.72. The average molecular weight is 339 g/mol. The molecule has 3 rings (SSSR count). The van der Waals surface area contributed by atoms with Crippen LogP contribution in [0.2, 0.25) is 0 Å². The van der Waals surface area contributed by atoms with Gasteiger partial charge in [0.2, 0.25) is 0 Å². The number of nitrogens with zero attached hydrogens (tertiary/aromatic N) is 1. The van der Waals surface area contributed by atoms with Crippen LogP contribution in [-0.4, -0.2) is 57.2 Å². The Labute approximate surface area is 138 Å². The molecule has 0 aromatic heterocycles. The molecule has 2 saturated heterocycles. The highest BCUT2D eigenvalue weighted by molar-refractivity contribution is 7.93. The van der Waals surface area contributed by atoms with Crippen molar-refractivity contribution < 1.29 is 17.9 Å². The summed E-state index contributed by atoms with van der Waals surface area (Å²) in [5, 5.41) is 0. The molecular weight excluding hydrogens is 314 g/mol. The third-order valence-corrected chi connectivity index (χ3v) is 7.77. The highest BCUT2D eigenvalue weighted by Gasteiger charge is 2.61. The van der Waals surface area contributed by atoms with Gasteiger partial charge in [-0.25, -0.2) is 8.42 Å². The molecule has 0 radical (unpaired) electrons. The lowest BCUT2D eigenvalue weighted by Crippen LogP contribution is -2.67. The first-order chi connectivity index (χ1) is 11.0. The van der Waals surface area contributed by atoms with Gasteiger partial charge in [-0.05, 0) is 31.0 Å². The van der Waals surface area contributed by atoms with Crippen molar-refractivity contribution in [2.75, 3.05) is 39.2 Å². The second-order valence-electron chi connectivity index (χ2n) is 6.52. The van der Waals surface area contributed by atoms with Crippen molar-refractivity contribution in [2.45, 2.75) is 24.6 Å². The maximum atomic E-state index is 12.5. The van der Waals surface area contributed by atoms with E-state index in [0.717, 1.165) is 18.7 Å². The third kappa shape index (κ3) is 2.99. The number of hydrogen-bond donors (Lipinski definition) is 0. The minimum atomic E-state index is -3.01. The van der Waals surface area contributed by atoms with Gasteiger partial charge >= 0.3 is 0 Å². The summed E-state index contributed by atoms with van der Waals surface area (Å²) in [4.78, 5) is 2.21. The molecule has 2 heterocycles. The minimum absolute atomic E-state index is 0.138. The maximum Gasteiger partial charge on any atom is 0.158 e. The summed E-state index contributed by atoms with van der Waals surface area (Å²) in [6, 6.07) is 7.94. The Hall–Kier alpha value is -1.11. The van der Waals surface area contributed by atoms with E-state index in [0.29, 0.717) is 32.1 Å². The van der Waals surface area contributed by atoms with Crippen molar-refractivity contribution in [2.24, 2.45) is 5.92 Å². The van der Waals surface area contributed by atoms with E-state index >= 15 is 0 Å². The van der Waals surface area contributed by atoms with Crippen LogP contribution in [0.15, 0.2) is 24.3 Å². The molecule has 0 amide bonds. The van der Waals surface area contributed by atoms with Crippen LogP contribution in [0, 0.1) is 5.92 Å². The van der Waals surface area contributed by atoms with Gasteiger partial charge in [0.1, 0.15) is 10.5 Å². The molecule has 2 fully saturated rings. The van der Waals surface area contributed by atoms with Gasteiger partial charge in [0.25, 0.3) is 0 Å². The molecule has 1 aromatic carbocycles. The van der Waals surface area contributed by atoms with Gasteiger partial charge in [0.15, 0.2) is 9.84 Å². The van der Waals surface area contributed by atoms with Gasteiger partial charge in [0.05, 0.1) is 19.5 Å². The fourth-order valence-corrected chi connectivity index (χ4v) is 6.23. The summed E-state index contributed by atoms with van der Waals surface area (Å²) in [5.74, 6) is 1.28. The molecule has 6 heteroatoms. The highest BCUT2D eigenvalue weighted by Crippen LogP contribution is 2.45. The van der Waals surface area contributed by atoms with Crippen LogP contribution >= 0.6 is 0 Å². The summed E-state index contributed by atoms with van der Waals surface area (Å²) < 4.78 is 35.2. The Morgan fingerprint density at radius 2 is 1.96 bits per heavy atom. The van der Waals surface area contributed by atoms with Crippen LogP contribution in [0.25, 0.3) is 0 Å². The SMILES string of the molecule is CCOCC1CCS(=O)(=O)C12CN(Cc1ccc(OC)cc1)C2. The fraction of sp³-hybridized carbons (Fsp3) is 0.647. The summed E-state index contributed by atoms with van der Waals surface area (Å²) in [7, 11) is -1.36. The molecule has 1 unspecified atom stereocenters. The number of sulfone groups is 1. The van der Waals surface area contributed by atoms with Crippen LogP contribution < -0.4 is 4.74 Å². The van der Waals surface area contributed by atoms with Gasteiger partial charge in [0, 0.05) is 32.2 Å². The zero-order chi connectivity index (χ0) is 16.5. The Bertz CT molecular complexity index is 635. The number of hydrogen-bond acceptors (Lipinski definition) is 5. The van der Waals surface area contributed by atoms with Gasteiger partial charge in [-0.2, -0.15) is 0 Å². The van der Waals surface area contributed by atoms with E-state index in [1.807, 2.05) is 31.2 Å². The first-order valence-corrected chi connectivity index (χ1v) is 9.81. The molecule has 23 heavy (non-hydrogen) atoms. The smallest absolute Gasteiger partial charge is 0.158 e. The standard InChI is InChI=1S/C17H25NO4S/c1-3-22-11-15-8-9-23(19,20)17(15)12-18(13-17)10-14-4-6-16(21-2)7-5-14/h4-7,15H,3,8-13H2,1-2H3. The van der Waals surface area contributed by atoms with Crippen LogP contribution in [0.3, 0.4) is 0 Å². The third-order valence-electron chi connectivity index (χ3n) is 5.17. The molecule has 1 spiro atoms. The number of benzene rings is 1. The molecule has 128 valence electrons. The molecule has 2 aliphatic rings. The van der Waals surface area contributed by atoms with Crippen molar-refractivity contribution in [1.82, 2.24) is 4.90 Å². The van der Waals surface area contributed by atoms with E-state index < -0.39 is 14.6 Å². The highest BCUT2D eigenvalue weighted by atomic mass is 32.2. The number of ether oxygens (including phenoxy) is 2. The van der Waals surface area contributed by atoms with Crippen molar-refractivity contribution in [3.05, 3.63) is 29.8 Å². The minimum Gasteiger partial charge on any atom is -0.497 e. The average Bonchev–Trinajstić information content (AvgIpc) is 2.77. The van der Waals surface area contributed by atoms with E-state index in [1.165, 1.54) is 5.56 Å². The first kappa shape index (κ1) is 16.7. The lowest BCUT2D eigenvalue weighted by molar-refractivity contribution is 0.0292. The molecule has 1 atom stereocenters. The van der Waals surface area contributed by atoms with Gasteiger partial charge in [-0.15, -0.1) is 0 Å². The van der Waals surface area contributed by atoms with E-state index in [2.05, 4.69) is 4.90 Å². The summed E-state index contributed by atoms with van der Waals surface area (Å²) in [5.41, 5.74) is 1.18. The van der Waals surface area contributed by atoms with E-state index in [9.17, 15) is 8.42 Å².